The van der Waals surface area contributed by atoms with Gasteiger partial charge in [0.2, 0.25) is 0 Å². The van der Waals surface area contributed by atoms with Gasteiger partial charge in [0.25, 0.3) is 0 Å². The van der Waals surface area contributed by atoms with Crippen molar-refractivity contribution in [1.29, 1.82) is 0 Å². The van der Waals surface area contributed by atoms with E-state index in [4.69, 9.17) is 0 Å². The van der Waals surface area contributed by atoms with Crippen LogP contribution in [0.1, 0.15) is 12.5 Å². The number of rotatable bonds is 3. The van der Waals surface area contributed by atoms with Crippen molar-refractivity contribution in [2.75, 3.05) is 11.9 Å². The predicted octanol–water partition coefficient (Wildman–Crippen LogP) is 1.82. The van der Waals surface area contributed by atoms with Crippen LogP contribution in [-0.2, 0) is 19.4 Å². The Kier molecular flexibility index (Phi) is 3.51. The minimum atomic E-state index is 0.986. The van der Waals surface area contributed by atoms with E-state index >= 15 is 0 Å². The first-order chi connectivity index (χ1) is 5.38. The van der Waals surface area contributed by atoms with Gasteiger partial charge in [-0.2, -0.15) is 0 Å². The molecule has 1 N–H and O–H groups in total. The Morgan fingerprint density at radius 3 is 2.82 bits per heavy atom. The Morgan fingerprint density at radius 2 is 2.18 bits per heavy atom. The SMILES string of the molecule is CCNc1ccccc1[CH]=[W]. The van der Waals surface area contributed by atoms with Crippen molar-refractivity contribution in [3.05, 3.63) is 29.8 Å². The molecule has 1 nitrogen and oxygen atoms in total. The second kappa shape index (κ2) is 4.46. The van der Waals surface area contributed by atoms with E-state index in [1.54, 1.807) is 0 Å². The van der Waals surface area contributed by atoms with E-state index in [2.05, 4.69) is 40.9 Å². The number of anilines is 1. The van der Waals surface area contributed by atoms with E-state index in [9.17, 15) is 0 Å². The molecule has 1 aromatic rings. The van der Waals surface area contributed by atoms with Gasteiger partial charge >= 0.3 is 78.1 Å². The fraction of sp³-hybridized carbons (Fsp3) is 0.222. The molecule has 0 spiro atoms. The van der Waals surface area contributed by atoms with E-state index in [0.29, 0.717) is 0 Å². The molecular formula is C9H11NW. The van der Waals surface area contributed by atoms with Crippen molar-refractivity contribution >= 4 is 10.1 Å². The summed E-state index contributed by atoms with van der Waals surface area (Å²) in [7, 11) is 0. The molecule has 0 amide bonds. The predicted molar refractivity (Wildman–Crippen MR) is 45.8 cm³/mol. The summed E-state index contributed by atoms with van der Waals surface area (Å²) in [5.41, 5.74) is 2.55. The van der Waals surface area contributed by atoms with Gasteiger partial charge in [-0.15, -0.1) is 0 Å². The third-order valence-electron chi connectivity index (χ3n) is 1.45. The van der Waals surface area contributed by atoms with Crippen LogP contribution in [-0.4, -0.2) is 10.9 Å². The summed E-state index contributed by atoms with van der Waals surface area (Å²) in [6.07, 6.45) is 0. The van der Waals surface area contributed by atoms with Crippen LogP contribution in [0.4, 0.5) is 5.69 Å². The first kappa shape index (κ1) is 8.67. The molecule has 0 bridgehead atoms. The zero-order chi connectivity index (χ0) is 8.10. The van der Waals surface area contributed by atoms with Gasteiger partial charge in [-0.05, 0) is 0 Å². The number of para-hydroxylation sites is 1. The quantitative estimate of drug-likeness (QED) is 0.897. The molecule has 0 saturated carbocycles. The van der Waals surface area contributed by atoms with Crippen LogP contribution in [0, 0.1) is 0 Å². The van der Waals surface area contributed by atoms with Crippen molar-refractivity contribution < 1.29 is 19.4 Å². The summed E-state index contributed by atoms with van der Waals surface area (Å²) in [5, 5.41) is 3.31. The van der Waals surface area contributed by atoms with E-state index in [1.807, 2.05) is 0 Å². The van der Waals surface area contributed by atoms with Crippen LogP contribution < -0.4 is 5.32 Å². The van der Waals surface area contributed by atoms with Crippen LogP contribution >= 0.6 is 0 Å². The van der Waals surface area contributed by atoms with Gasteiger partial charge in [0.05, 0.1) is 0 Å². The third kappa shape index (κ3) is 2.27. The zero-order valence-electron chi connectivity index (χ0n) is 6.50. The van der Waals surface area contributed by atoms with Gasteiger partial charge < -0.3 is 0 Å². The molecule has 2 heteroatoms. The third-order valence-corrected chi connectivity index (χ3v) is 2.37. The van der Waals surface area contributed by atoms with E-state index in [1.165, 1.54) is 30.6 Å². The second-order valence-corrected chi connectivity index (χ2v) is 3.08. The molecule has 58 valence electrons. The summed E-state index contributed by atoms with van der Waals surface area (Å²) in [6, 6.07) is 8.36. The van der Waals surface area contributed by atoms with Crippen molar-refractivity contribution in [3.8, 4) is 0 Å². The molecule has 0 aliphatic rings. The van der Waals surface area contributed by atoms with Crippen molar-refractivity contribution in [3.63, 3.8) is 0 Å². The Hall–Kier alpha value is -0.422. The topological polar surface area (TPSA) is 12.0 Å². The van der Waals surface area contributed by atoms with Crippen LogP contribution in [0.15, 0.2) is 24.3 Å². The summed E-state index contributed by atoms with van der Waals surface area (Å²) in [5.74, 6) is 0. The van der Waals surface area contributed by atoms with Gasteiger partial charge in [-0.25, -0.2) is 0 Å². The van der Waals surface area contributed by atoms with Crippen molar-refractivity contribution in [1.82, 2.24) is 0 Å². The molecule has 0 fully saturated rings. The minimum absolute atomic E-state index is 0.986. The average molecular weight is 317 g/mol. The molecule has 0 radical (unpaired) electrons. The van der Waals surface area contributed by atoms with E-state index < -0.39 is 0 Å². The summed E-state index contributed by atoms with van der Waals surface area (Å²) in [6.45, 7) is 3.10. The molecule has 1 aromatic carbocycles. The number of hydrogen-bond acceptors (Lipinski definition) is 1. The molecule has 0 aromatic heterocycles. The fourth-order valence-electron chi connectivity index (χ4n) is 0.951. The van der Waals surface area contributed by atoms with Crippen LogP contribution in [0.3, 0.4) is 0 Å². The Labute approximate surface area is 78.2 Å². The summed E-state index contributed by atoms with van der Waals surface area (Å²) >= 11 is 1.49. The maximum absolute atomic E-state index is 3.31. The fourth-order valence-corrected chi connectivity index (χ4v) is 1.69. The Bertz CT molecular complexity index is 245. The van der Waals surface area contributed by atoms with Gasteiger partial charge in [0.1, 0.15) is 0 Å². The first-order valence-electron chi connectivity index (χ1n) is 3.66. The van der Waals surface area contributed by atoms with Crippen molar-refractivity contribution in [2.24, 2.45) is 0 Å². The molecule has 0 heterocycles. The molecule has 0 atom stereocenters. The molecule has 0 aliphatic heterocycles. The van der Waals surface area contributed by atoms with Gasteiger partial charge in [-0.1, -0.05) is 0 Å². The molecule has 0 aliphatic carbocycles. The number of nitrogens with one attached hydrogen (secondary N) is 1. The Morgan fingerprint density at radius 1 is 1.45 bits per heavy atom. The molecule has 0 unspecified atom stereocenters. The monoisotopic (exact) mass is 317 g/mol. The van der Waals surface area contributed by atoms with Crippen LogP contribution in [0.25, 0.3) is 0 Å². The summed E-state index contributed by atoms with van der Waals surface area (Å²) < 4.78 is 2.19. The van der Waals surface area contributed by atoms with E-state index in [-0.39, 0.29) is 0 Å². The van der Waals surface area contributed by atoms with E-state index in [0.717, 1.165) is 6.54 Å². The standard InChI is InChI=1S/C9H11N.W/c1-3-10-9-7-5-4-6-8(9)2;/h2,4-7,10H,3H2,1H3;. The molecule has 1 rings (SSSR count). The van der Waals surface area contributed by atoms with Crippen LogP contribution in [0.5, 0.6) is 0 Å². The normalized spacial score (nSPS) is 9.18. The Balaban J connectivity index is 2.92. The van der Waals surface area contributed by atoms with Gasteiger partial charge in [-0.3, -0.25) is 0 Å². The maximum atomic E-state index is 3.31. The summed E-state index contributed by atoms with van der Waals surface area (Å²) in [4.78, 5) is 0. The second-order valence-electron chi connectivity index (χ2n) is 2.24. The van der Waals surface area contributed by atoms with Crippen LogP contribution in [0.2, 0.25) is 0 Å². The molecule has 11 heavy (non-hydrogen) atoms. The number of hydrogen-bond donors (Lipinski definition) is 1. The first-order valence-corrected chi connectivity index (χ1v) is 5.36. The molecular weight excluding hydrogens is 306 g/mol. The van der Waals surface area contributed by atoms with Gasteiger partial charge in [0.15, 0.2) is 0 Å². The number of benzene rings is 1. The molecule has 0 saturated heterocycles. The average Bonchev–Trinajstić information content (AvgIpc) is 2.06. The van der Waals surface area contributed by atoms with Crippen molar-refractivity contribution in [2.45, 2.75) is 6.92 Å². The van der Waals surface area contributed by atoms with Gasteiger partial charge in [0, 0.05) is 0 Å². The zero-order valence-corrected chi connectivity index (χ0v) is 9.44.